The third-order valence-electron chi connectivity index (χ3n) is 5.92. The predicted molar refractivity (Wildman–Crippen MR) is 113 cm³/mol. The summed E-state index contributed by atoms with van der Waals surface area (Å²) >= 11 is 12.0. The summed E-state index contributed by atoms with van der Waals surface area (Å²) in [5.74, 6) is 0.976. The zero-order valence-electron chi connectivity index (χ0n) is 15.8. The number of amides is 1. The van der Waals surface area contributed by atoms with Crippen molar-refractivity contribution in [3.63, 3.8) is 0 Å². The summed E-state index contributed by atoms with van der Waals surface area (Å²) in [5, 5.41) is 4.32. The lowest BCUT2D eigenvalue weighted by Gasteiger charge is -2.44. The molecule has 1 heterocycles. The van der Waals surface area contributed by atoms with Crippen LogP contribution in [-0.4, -0.2) is 11.5 Å². The Morgan fingerprint density at radius 3 is 2.64 bits per heavy atom. The van der Waals surface area contributed by atoms with Gasteiger partial charge in [0.25, 0.3) is 0 Å². The van der Waals surface area contributed by atoms with Crippen LogP contribution in [0.4, 0.5) is 0 Å². The Balaban J connectivity index is 1.44. The molecule has 2 aromatic carbocycles. The van der Waals surface area contributed by atoms with Gasteiger partial charge in [0.05, 0.1) is 16.1 Å². The van der Waals surface area contributed by atoms with Gasteiger partial charge in [-0.05, 0) is 55.9 Å². The Bertz CT molecular complexity index is 861. The summed E-state index contributed by atoms with van der Waals surface area (Å²) in [6, 6.07) is 13.6. The molecule has 1 N–H and O–H groups in total. The summed E-state index contributed by atoms with van der Waals surface area (Å²) in [4.78, 5) is 12.7. The summed E-state index contributed by atoms with van der Waals surface area (Å²) < 4.78 is 6.45. The van der Waals surface area contributed by atoms with Crippen molar-refractivity contribution < 1.29 is 9.53 Å². The van der Waals surface area contributed by atoms with Crippen molar-refractivity contribution in [3.8, 4) is 5.75 Å². The number of nitrogens with one attached hydrogen (secondary N) is 1. The van der Waals surface area contributed by atoms with Crippen LogP contribution >= 0.6 is 23.2 Å². The molecule has 1 atom stereocenters. The highest BCUT2D eigenvalue weighted by Gasteiger charge is 2.42. The summed E-state index contributed by atoms with van der Waals surface area (Å²) in [6.45, 7) is 0. The number of rotatable bonds is 4. The molecule has 4 rings (SSSR count). The molecule has 1 fully saturated rings. The summed E-state index contributed by atoms with van der Waals surface area (Å²) in [7, 11) is 0. The van der Waals surface area contributed by atoms with E-state index in [2.05, 4.69) is 11.4 Å². The van der Waals surface area contributed by atoms with Gasteiger partial charge in [0.2, 0.25) is 5.91 Å². The number of hydrogen-bond donors (Lipinski definition) is 1. The number of ether oxygens (including phenoxy) is 1. The van der Waals surface area contributed by atoms with Crippen LogP contribution in [0.5, 0.6) is 5.75 Å². The first-order chi connectivity index (χ1) is 13.5. The number of para-hydroxylation sites is 1. The van der Waals surface area contributed by atoms with Crippen LogP contribution in [0.15, 0.2) is 42.5 Å². The number of benzene rings is 2. The SMILES string of the molecule is O=C(CCc1ccc(Cl)c(Cl)c1)NC1CC2(CCCCC2)Oc2ccccc21. The van der Waals surface area contributed by atoms with Crippen molar-refractivity contribution in [2.75, 3.05) is 0 Å². The van der Waals surface area contributed by atoms with Gasteiger partial charge in [-0.3, -0.25) is 4.79 Å². The van der Waals surface area contributed by atoms with Crippen molar-refractivity contribution in [2.24, 2.45) is 0 Å². The second-order valence-corrected chi connectivity index (χ2v) is 8.77. The molecule has 1 aliphatic carbocycles. The lowest BCUT2D eigenvalue weighted by atomic mass is 9.77. The van der Waals surface area contributed by atoms with Crippen LogP contribution < -0.4 is 10.1 Å². The lowest BCUT2D eigenvalue weighted by Crippen LogP contribution is -2.46. The Hall–Kier alpha value is -1.71. The number of halogens is 2. The first-order valence-corrected chi connectivity index (χ1v) is 10.8. The van der Waals surface area contributed by atoms with E-state index in [0.717, 1.165) is 36.1 Å². The topological polar surface area (TPSA) is 38.3 Å². The third kappa shape index (κ3) is 4.31. The molecule has 0 saturated heterocycles. The van der Waals surface area contributed by atoms with Crippen LogP contribution in [-0.2, 0) is 11.2 Å². The van der Waals surface area contributed by atoms with Crippen molar-refractivity contribution in [1.82, 2.24) is 5.32 Å². The maximum atomic E-state index is 12.7. The molecule has 0 bridgehead atoms. The molecular formula is C23H25Cl2NO2. The monoisotopic (exact) mass is 417 g/mol. The molecule has 2 aliphatic rings. The highest BCUT2D eigenvalue weighted by molar-refractivity contribution is 6.42. The van der Waals surface area contributed by atoms with Gasteiger partial charge in [-0.1, -0.05) is 53.9 Å². The molecule has 0 aromatic heterocycles. The predicted octanol–water partition coefficient (Wildman–Crippen LogP) is 6.27. The molecule has 1 unspecified atom stereocenters. The molecule has 5 heteroatoms. The molecule has 28 heavy (non-hydrogen) atoms. The van der Waals surface area contributed by atoms with Gasteiger partial charge < -0.3 is 10.1 Å². The molecule has 148 valence electrons. The number of carbonyl (C=O) groups is 1. The van der Waals surface area contributed by atoms with Crippen LogP contribution in [0.3, 0.4) is 0 Å². The Morgan fingerprint density at radius 1 is 1.07 bits per heavy atom. The number of fused-ring (bicyclic) bond motifs is 1. The minimum absolute atomic E-state index is 0.00403. The molecule has 1 aliphatic heterocycles. The molecule has 0 radical (unpaired) electrons. The van der Waals surface area contributed by atoms with Gasteiger partial charge in [-0.2, -0.15) is 0 Å². The van der Waals surface area contributed by atoms with E-state index in [-0.39, 0.29) is 17.6 Å². The molecule has 1 spiro atoms. The van der Waals surface area contributed by atoms with Gasteiger partial charge in [-0.25, -0.2) is 0 Å². The molecule has 2 aromatic rings. The van der Waals surface area contributed by atoms with Gasteiger partial charge in [-0.15, -0.1) is 0 Å². The zero-order chi connectivity index (χ0) is 19.6. The maximum absolute atomic E-state index is 12.7. The first-order valence-electron chi connectivity index (χ1n) is 10.1. The average molecular weight is 418 g/mol. The van der Waals surface area contributed by atoms with E-state index in [9.17, 15) is 4.79 Å². The molecule has 3 nitrogen and oxygen atoms in total. The van der Waals surface area contributed by atoms with Crippen LogP contribution in [0, 0.1) is 0 Å². The van der Waals surface area contributed by atoms with Crippen molar-refractivity contribution in [2.45, 2.75) is 63.0 Å². The Morgan fingerprint density at radius 2 is 1.86 bits per heavy atom. The quantitative estimate of drug-likeness (QED) is 0.636. The van der Waals surface area contributed by atoms with E-state index < -0.39 is 0 Å². The van der Waals surface area contributed by atoms with E-state index in [1.807, 2.05) is 30.3 Å². The standard InChI is InChI=1S/C23H25Cl2NO2/c24-18-10-8-16(14-19(18)25)9-11-22(27)26-20-15-23(12-4-1-5-13-23)28-21-7-3-2-6-17(20)21/h2-3,6-8,10,14,20H,1,4-5,9,11-13,15H2,(H,26,27). The number of aryl methyl sites for hydroxylation is 1. The van der Waals surface area contributed by atoms with Crippen molar-refractivity contribution in [3.05, 3.63) is 63.6 Å². The number of hydrogen-bond acceptors (Lipinski definition) is 2. The van der Waals surface area contributed by atoms with Gasteiger partial charge >= 0.3 is 0 Å². The van der Waals surface area contributed by atoms with E-state index in [0.29, 0.717) is 22.9 Å². The zero-order valence-corrected chi connectivity index (χ0v) is 17.4. The van der Waals surface area contributed by atoms with Gasteiger partial charge in [0.1, 0.15) is 11.4 Å². The second-order valence-electron chi connectivity index (χ2n) is 7.96. The highest BCUT2D eigenvalue weighted by Crippen LogP contribution is 2.46. The van der Waals surface area contributed by atoms with Crippen LogP contribution in [0.25, 0.3) is 0 Å². The highest BCUT2D eigenvalue weighted by atomic mass is 35.5. The third-order valence-corrected chi connectivity index (χ3v) is 6.66. The average Bonchev–Trinajstić information content (AvgIpc) is 2.69. The van der Waals surface area contributed by atoms with Gasteiger partial charge in [0, 0.05) is 18.4 Å². The van der Waals surface area contributed by atoms with Gasteiger partial charge in [0.15, 0.2) is 0 Å². The van der Waals surface area contributed by atoms with Crippen molar-refractivity contribution in [1.29, 1.82) is 0 Å². The van der Waals surface area contributed by atoms with E-state index in [4.69, 9.17) is 27.9 Å². The number of carbonyl (C=O) groups excluding carboxylic acids is 1. The minimum Gasteiger partial charge on any atom is -0.487 e. The van der Waals surface area contributed by atoms with Crippen molar-refractivity contribution >= 4 is 29.1 Å². The smallest absolute Gasteiger partial charge is 0.220 e. The van der Waals surface area contributed by atoms with Crippen LogP contribution in [0.1, 0.15) is 62.1 Å². The fourth-order valence-corrected chi connectivity index (χ4v) is 4.79. The second kappa shape index (κ2) is 8.34. The summed E-state index contributed by atoms with van der Waals surface area (Å²) in [6.07, 6.45) is 7.70. The normalized spacial score (nSPS) is 20.3. The fraction of sp³-hybridized carbons (Fsp3) is 0.435. The molecule has 1 saturated carbocycles. The molecular weight excluding hydrogens is 393 g/mol. The van der Waals surface area contributed by atoms with Crippen LogP contribution in [0.2, 0.25) is 10.0 Å². The lowest BCUT2D eigenvalue weighted by molar-refractivity contribution is -0.122. The largest absolute Gasteiger partial charge is 0.487 e. The van der Waals surface area contributed by atoms with E-state index >= 15 is 0 Å². The Kier molecular flexibility index (Phi) is 5.84. The minimum atomic E-state index is -0.131. The first kappa shape index (κ1) is 19.6. The fourth-order valence-electron chi connectivity index (χ4n) is 4.47. The Labute approximate surface area is 176 Å². The van der Waals surface area contributed by atoms with E-state index in [1.54, 1.807) is 6.07 Å². The molecule has 1 amide bonds. The van der Waals surface area contributed by atoms with E-state index in [1.165, 1.54) is 19.3 Å². The summed E-state index contributed by atoms with van der Waals surface area (Å²) in [5.41, 5.74) is 1.97. The maximum Gasteiger partial charge on any atom is 0.220 e.